The summed E-state index contributed by atoms with van der Waals surface area (Å²) >= 11 is 0. The van der Waals surface area contributed by atoms with Crippen LogP contribution in [-0.4, -0.2) is 11.8 Å². The topological polar surface area (TPSA) is 43.4 Å². The van der Waals surface area contributed by atoms with Crippen molar-refractivity contribution in [2.24, 2.45) is 11.8 Å². The van der Waals surface area contributed by atoms with Gasteiger partial charge in [-0.1, -0.05) is 69.9 Å². The van der Waals surface area contributed by atoms with E-state index in [-0.39, 0.29) is 18.4 Å². The number of ketones is 1. The zero-order chi connectivity index (χ0) is 16.4. The summed E-state index contributed by atoms with van der Waals surface area (Å²) in [5, 5.41) is 0. The van der Waals surface area contributed by atoms with Gasteiger partial charge in [-0.05, 0) is 24.8 Å². The Balaban J connectivity index is 2.35. The predicted molar refractivity (Wildman–Crippen MR) is 88.3 cm³/mol. The Kier molecular flexibility index (Phi) is 8.49. The molecule has 0 aliphatic carbocycles. The molecule has 122 valence electrons. The zero-order valence-electron chi connectivity index (χ0n) is 14.0. The average Bonchev–Trinajstić information content (AvgIpc) is 2.48. The standard InChI is InChI=1S/C19H28O3/c1-15(2)10-6-4-9-13-18(16(3)20)19(21)22-14-17-11-7-5-8-12-17/h5,7-8,11-12,15,18H,4,6,9-10,13-14H2,1-3H3. The summed E-state index contributed by atoms with van der Waals surface area (Å²) in [6, 6.07) is 9.53. The second-order valence-corrected chi connectivity index (χ2v) is 6.29. The Labute approximate surface area is 134 Å². The first-order valence-electron chi connectivity index (χ1n) is 8.21. The SMILES string of the molecule is CC(=O)C(CCCCCC(C)C)C(=O)OCc1ccccc1. The van der Waals surface area contributed by atoms with E-state index in [0.29, 0.717) is 12.3 Å². The van der Waals surface area contributed by atoms with Crippen LogP contribution in [0.1, 0.15) is 58.4 Å². The zero-order valence-corrected chi connectivity index (χ0v) is 14.0. The number of ether oxygens (including phenoxy) is 1. The molecule has 1 atom stereocenters. The number of hydrogen-bond acceptors (Lipinski definition) is 3. The molecule has 1 unspecified atom stereocenters. The van der Waals surface area contributed by atoms with Crippen LogP contribution in [0.4, 0.5) is 0 Å². The summed E-state index contributed by atoms with van der Waals surface area (Å²) in [5.74, 6) is -0.385. The predicted octanol–water partition coefficient (Wildman–Crippen LogP) is 4.54. The maximum Gasteiger partial charge on any atom is 0.316 e. The van der Waals surface area contributed by atoms with Crippen molar-refractivity contribution < 1.29 is 14.3 Å². The van der Waals surface area contributed by atoms with Gasteiger partial charge in [0.2, 0.25) is 0 Å². The van der Waals surface area contributed by atoms with Crippen LogP contribution in [0.3, 0.4) is 0 Å². The van der Waals surface area contributed by atoms with E-state index in [1.165, 1.54) is 13.3 Å². The quantitative estimate of drug-likeness (QED) is 0.362. The van der Waals surface area contributed by atoms with Crippen LogP contribution in [0.5, 0.6) is 0 Å². The van der Waals surface area contributed by atoms with Crippen molar-refractivity contribution in [3.8, 4) is 0 Å². The molecule has 0 saturated heterocycles. The van der Waals surface area contributed by atoms with Gasteiger partial charge in [0, 0.05) is 0 Å². The van der Waals surface area contributed by atoms with Crippen molar-refractivity contribution in [3.63, 3.8) is 0 Å². The Morgan fingerprint density at radius 1 is 1.00 bits per heavy atom. The van der Waals surface area contributed by atoms with Gasteiger partial charge >= 0.3 is 5.97 Å². The Bertz CT molecular complexity index is 451. The van der Waals surface area contributed by atoms with Crippen molar-refractivity contribution in [2.45, 2.75) is 59.5 Å². The van der Waals surface area contributed by atoms with Crippen molar-refractivity contribution in [1.82, 2.24) is 0 Å². The lowest BCUT2D eigenvalue weighted by Crippen LogP contribution is -2.24. The molecule has 3 nitrogen and oxygen atoms in total. The number of Topliss-reactive ketones (excluding diaryl/α,β-unsaturated/α-hetero) is 1. The third-order valence-electron chi connectivity index (χ3n) is 3.77. The largest absolute Gasteiger partial charge is 0.460 e. The summed E-state index contributed by atoms with van der Waals surface area (Å²) in [5.41, 5.74) is 0.940. The van der Waals surface area contributed by atoms with Gasteiger partial charge in [-0.2, -0.15) is 0 Å². The molecule has 0 aliphatic rings. The summed E-state index contributed by atoms with van der Waals surface area (Å²) in [4.78, 5) is 23.8. The van der Waals surface area contributed by atoms with Crippen LogP contribution in [0.25, 0.3) is 0 Å². The van der Waals surface area contributed by atoms with Gasteiger partial charge in [-0.15, -0.1) is 0 Å². The highest BCUT2D eigenvalue weighted by atomic mass is 16.5. The van der Waals surface area contributed by atoms with Crippen LogP contribution < -0.4 is 0 Å². The summed E-state index contributed by atoms with van der Waals surface area (Å²) in [7, 11) is 0. The number of unbranched alkanes of at least 4 members (excludes halogenated alkanes) is 2. The van der Waals surface area contributed by atoms with Crippen molar-refractivity contribution >= 4 is 11.8 Å². The van der Waals surface area contributed by atoms with E-state index in [2.05, 4.69) is 13.8 Å². The number of hydrogen-bond donors (Lipinski definition) is 0. The summed E-state index contributed by atoms with van der Waals surface area (Å²) in [6.07, 6.45) is 4.91. The molecule has 0 saturated carbocycles. The summed E-state index contributed by atoms with van der Waals surface area (Å²) in [6.45, 7) is 6.12. The summed E-state index contributed by atoms with van der Waals surface area (Å²) < 4.78 is 5.29. The molecule has 0 N–H and O–H groups in total. The van der Waals surface area contributed by atoms with Gasteiger partial charge in [0.05, 0.1) is 0 Å². The normalized spacial score (nSPS) is 12.2. The van der Waals surface area contributed by atoms with Crippen LogP contribution in [-0.2, 0) is 20.9 Å². The molecule has 0 radical (unpaired) electrons. The number of rotatable bonds is 10. The van der Waals surface area contributed by atoms with Crippen molar-refractivity contribution in [1.29, 1.82) is 0 Å². The molecule has 0 spiro atoms. The van der Waals surface area contributed by atoms with Gasteiger partial charge in [-0.3, -0.25) is 9.59 Å². The Hall–Kier alpha value is -1.64. The first kappa shape index (κ1) is 18.4. The molecule has 0 amide bonds. The number of benzene rings is 1. The van der Waals surface area contributed by atoms with Crippen LogP contribution in [0, 0.1) is 11.8 Å². The monoisotopic (exact) mass is 304 g/mol. The molecule has 1 aromatic carbocycles. The molecular formula is C19H28O3. The first-order chi connectivity index (χ1) is 10.5. The lowest BCUT2D eigenvalue weighted by molar-refractivity contribution is -0.153. The highest BCUT2D eigenvalue weighted by Crippen LogP contribution is 2.16. The third-order valence-corrected chi connectivity index (χ3v) is 3.77. The second kappa shape index (κ2) is 10.1. The first-order valence-corrected chi connectivity index (χ1v) is 8.21. The van der Waals surface area contributed by atoms with E-state index in [0.717, 1.165) is 24.8 Å². The number of carbonyl (C=O) groups excluding carboxylic acids is 2. The van der Waals surface area contributed by atoms with E-state index in [4.69, 9.17) is 4.74 Å². The maximum absolute atomic E-state index is 12.1. The van der Waals surface area contributed by atoms with Gasteiger partial charge in [-0.25, -0.2) is 0 Å². The maximum atomic E-state index is 12.1. The average molecular weight is 304 g/mol. The van der Waals surface area contributed by atoms with Crippen LogP contribution in [0.2, 0.25) is 0 Å². The molecule has 1 rings (SSSR count). The minimum absolute atomic E-state index is 0.0954. The van der Waals surface area contributed by atoms with Crippen LogP contribution >= 0.6 is 0 Å². The number of esters is 1. The highest BCUT2D eigenvalue weighted by Gasteiger charge is 2.24. The number of carbonyl (C=O) groups is 2. The van der Waals surface area contributed by atoms with E-state index in [1.54, 1.807) is 0 Å². The molecule has 3 heteroatoms. The minimum atomic E-state index is -0.609. The Morgan fingerprint density at radius 3 is 2.23 bits per heavy atom. The molecule has 22 heavy (non-hydrogen) atoms. The Morgan fingerprint density at radius 2 is 1.64 bits per heavy atom. The second-order valence-electron chi connectivity index (χ2n) is 6.29. The molecular weight excluding hydrogens is 276 g/mol. The van der Waals surface area contributed by atoms with Crippen LogP contribution in [0.15, 0.2) is 30.3 Å². The van der Waals surface area contributed by atoms with E-state index >= 15 is 0 Å². The van der Waals surface area contributed by atoms with E-state index in [9.17, 15) is 9.59 Å². The minimum Gasteiger partial charge on any atom is -0.460 e. The van der Waals surface area contributed by atoms with Gasteiger partial charge in [0.25, 0.3) is 0 Å². The van der Waals surface area contributed by atoms with Gasteiger partial charge in [0.15, 0.2) is 0 Å². The lowest BCUT2D eigenvalue weighted by Gasteiger charge is -2.13. The fourth-order valence-electron chi connectivity index (χ4n) is 2.39. The molecule has 1 aromatic rings. The molecule has 0 aromatic heterocycles. The highest BCUT2D eigenvalue weighted by molar-refractivity contribution is 5.97. The molecule has 0 bridgehead atoms. The van der Waals surface area contributed by atoms with E-state index < -0.39 is 5.92 Å². The lowest BCUT2D eigenvalue weighted by atomic mass is 9.96. The van der Waals surface area contributed by atoms with Crippen molar-refractivity contribution in [3.05, 3.63) is 35.9 Å². The molecule has 0 aliphatic heterocycles. The smallest absolute Gasteiger partial charge is 0.316 e. The van der Waals surface area contributed by atoms with Crippen molar-refractivity contribution in [2.75, 3.05) is 0 Å². The van der Waals surface area contributed by atoms with E-state index in [1.807, 2.05) is 30.3 Å². The fraction of sp³-hybridized carbons (Fsp3) is 0.579. The molecule has 0 fully saturated rings. The van der Waals surface area contributed by atoms with Gasteiger partial charge in [0.1, 0.15) is 18.3 Å². The van der Waals surface area contributed by atoms with Gasteiger partial charge < -0.3 is 4.74 Å². The molecule has 0 heterocycles. The fourth-order valence-corrected chi connectivity index (χ4v) is 2.39. The third kappa shape index (κ3) is 7.39.